The molecule has 0 saturated heterocycles. The molecule has 0 aliphatic rings. The van der Waals surface area contributed by atoms with Crippen molar-refractivity contribution in [3.63, 3.8) is 0 Å². The van der Waals surface area contributed by atoms with Crippen molar-refractivity contribution in [3.8, 4) is 0 Å². The van der Waals surface area contributed by atoms with Crippen LogP contribution in [0, 0.1) is 0 Å². The summed E-state index contributed by atoms with van der Waals surface area (Å²) in [5, 5.41) is 0. The highest BCUT2D eigenvalue weighted by atomic mass is 31.6. The van der Waals surface area contributed by atoms with Crippen molar-refractivity contribution in [3.05, 3.63) is 0 Å². The lowest BCUT2D eigenvalue weighted by Gasteiger charge is -2.27. The van der Waals surface area contributed by atoms with Crippen molar-refractivity contribution < 1.29 is 13.3 Å². The van der Waals surface area contributed by atoms with E-state index in [1.807, 2.05) is 20.8 Å². The van der Waals surface area contributed by atoms with E-state index in [9.17, 15) is 0 Å². The van der Waals surface area contributed by atoms with E-state index in [0.29, 0.717) is 19.8 Å². The molecule has 0 aliphatic heterocycles. The van der Waals surface area contributed by atoms with Crippen LogP contribution in [0.3, 0.4) is 0 Å². The maximum atomic E-state index is 5.65. The Hall–Kier alpha value is 0.961. The van der Waals surface area contributed by atoms with Crippen LogP contribution in [0.4, 0.5) is 0 Å². The lowest BCUT2D eigenvalue weighted by atomic mass is 10.6. The zero-order chi connectivity index (χ0) is 17.9. The molecule has 0 aromatic rings. The van der Waals surface area contributed by atoms with Gasteiger partial charge in [-0.05, 0) is 20.8 Å². The zero-order valence-electron chi connectivity index (χ0n) is 16.8. The Morgan fingerprint density at radius 2 is 0.955 bits per heavy atom. The molecule has 0 aromatic heterocycles. The molecule has 0 bridgehead atoms. The Labute approximate surface area is 144 Å². The van der Waals surface area contributed by atoms with Gasteiger partial charge >= 0.3 is 8.80 Å². The summed E-state index contributed by atoms with van der Waals surface area (Å²) in [6, 6.07) is 0.919. The Bertz CT molecular complexity index is 224. The quantitative estimate of drug-likeness (QED) is 0.353. The summed E-state index contributed by atoms with van der Waals surface area (Å²) in [4.78, 5) is 0. The lowest BCUT2D eigenvalue weighted by molar-refractivity contribution is 0.0712. The molecule has 0 radical (unpaired) electrons. The largest absolute Gasteiger partial charge is 0.500 e. The summed E-state index contributed by atoms with van der Waals surface area (Å²) < 4.78 is 16.9. The van der Waals surface area contributed by atoms with Gasteiger partial charge in [0.2, 0.25) is 0 Å². The van der Waals surface area contributed by atoms with Crippen molar-refractivity contribution in [2.24, 2.45) is 0 Å². The molecule has 0 atom stereocenters. The predicted octanol–water partition coefficient (Wildman–Crippen LogP) is 5.78. The van der Waals surface area contributed by atoms with Gasteiger partial charge in [-0.25, -0.2) is 0 Å². The second-order valence-corrected chi connectivity index (χ2v) is 31.3. The maximum Gasteiger partial charge on any atom is 0.500 e. The van der Waals surface area contributed by atoms with E-state index in [1.165, 1.54) is 7.68 Å². The minimum atomic E-state index is -2.30. The zero-order valence-corrected chi connectivity index (χ0v) is 20.8. The van der Waals surface area contributed by atoms with Gasteiger partial charge in [-0.1, -0.05) is 52.6 Å². The average Bonchev–Trinajstić information content (AvgIpc) is 2.26. The summed E-state index contributed by atoms with van der Waals surface area (Å²) in [6.45, 7) is 24.9. The molecule has 0 unspecified atom stereocenters. The van der Waals surface area contributed by atoms with Crippen LogP contribution >= 0.6 is 7.68 Å². The van der Waals surface area contributed by atoms with Crippen molar-refractivity contribution >= 4 is 32.0 Å². The minimum absolute atomic E-state index is 0.673. The smallest absolute Gasteiger partial charge is 0.374 e. The standard InChI is InChI=1S/C9H22O3Si.C6H19PSi2/c1-5-9-13(10-6-2,11-7-3)12-8-4;1-8(2,3)7-9(4,5)6/h5-9H2,1-4H3;7H,1-6H3. The van der Waals surface area contributed by atoms with Crippen LogP contribution in [0.5, 0.6) is 0 Å². The topological polar surface area (TPSA) is 27.7 Å². The van der Waals surface area contributed by atoms with E-state index in [1.54, 1.807) is 0 Å². The number of hydrogen-bond donors (Lipinski definition) is 0. The van der Waals surface area contributed by atoms with Crippen LogP contribution in [0.1, 0.15) is 34.1 Å². The Balaban J connectivity index is 0. The molecule has 136 valence electrons. The predicted molar refractivity (Wildman–Crippen MR) is 111 cm³/mol. The first-order valence-electron chi connectivity index (χ1n) is 8.66. The third-order valence-corrected chi connectivity index (χ3v) is 25.2. The van der Waals surface area contributed by atoms with Crippen molar-refractivity contribution in [1.82, 2.24) is 0 Å². The van der Waals surface area contributed by atoms with Crippen LogP contribution in [0.2, 0.25) is 45.3 Å². The first-order valence-corrected chi connectivity index (χ1v) is 20.6. The highest BCUT2D eigenvalue weighted by molar-refractivity contribution is 8.06. The molecular formula is C15H41O3PSi3. The van der Waals surface area contributed by atoms with E-state index < -0.39 is 24.3 Å². The van der Waals surface area contributed by atoms with Gasteiger partial charge in [0.25, 0.3) is 0 Å². The van der Waals surface area contributed by atoms with Gasteiger partial charge in [-0.2, -0.15) is 0 Å². The Morgan fingerprint density at radius 1 is 0.636 bits per heavy atom. The van der Waals surface area contributed by atoms with E-state index in [-0.39, 0.29) is 0 Å². The van der Waals surface area contributed by atoms with E-state index in [0.717, 1.165) is 12.5 Å². The Morgan fingerprint density at radius 3 is 1.09 bits per heavy atom. The third-order valence-electron chi connectivity index (χ3n) is 2.40. The first-order chi connectivity index (χ1) is 9.95. The van der Waals surface area contributed by atoms with Gasteiger partial charge in [-0.15, -0.1) is 7.68 Å². The van der Waals surface area contributed by atoms with Gasteiger partial charge in [-0.3, -0.25) is 0 Å². The highest BCUT2D eigenvalue weighted by Gasteiger charge is 2.38. The molecule has 0 heterocycles. The number of hydrogen-bond acceptors (Lipinski definition) is 3. The molecular weight excluding hydrogens is 343 g/mol. The second-order valence-electron chi connectivity index (χ2n) is 7.36. The molecule has 7 heteroatoms. The van der Waals surface area contributed by atoms with Gasteiger partial charge in [0.05, 0.1) is 15.5 Å². The van der Waals surface area contributed by atoms with E-state index >= 15 is 0 Å². The van der Waals surface area contributed by atoms with Crippen LogP contribution in [-0.4, -0.2) is 44.1 Å². The molecule has 0 saturated carbocycles. The highest BCUT2D eigenvalue weighted by Crippen LogP contribution is 2.36. The first kappa shape index (κ1) is 25.2. The summed E-state index contributed by atoms with van der Waals surface area (Å²) in [6.07, 6.45) is 1.05. The molecule has 0 aliphatic carbocycles. The molecule has 0 fully saturated rings. The van der Waals surface area contributed by atoms with Gasteiger partial charge in [0.15, 0.2) is 0 Å². The average molecular weight is 385 g/mol. The van der Waals surface area contributed by atoms with Crippen LogP contribution in [-0.2, 0) is 13.3 Å². The molecule has 0 rings (SSSR count). The van der Waals surface area contributed by atoms with E-state index in [2.05, 4.69) is 46.2 Å². The monoisotopic (exact) mass is 384 g/mol. The van der Waals surface area contributed by atoms with Crippen LogP contribution in [0.15, 0.2) is 0 Å². The van der Waals surface area contributed by atoms with Crippen molar-refractivity contribution in [2.75, 3.05) is 19.8 Å². The molecule has 3 nitrogen and oxygen atoms in total. The lowest BCUT2D eigenvalue weighted by Crippen LogP contribution is -2.45. The fourth-order valence-corrected chi connectivity index (χ4v) is 34.3. The molecule has 22 heavy (non-hydrogen) atoms. The van der Waals surface area contributed by atoms with Crippen molar-refractivity contribution in [1.29, 1.82) is 0 Å². The maximum absolute atomic E-state index is 5.65. The summed E-state index contributed by atoms with van der Waals surface area (Å²) in [5.41, 5.74) is 0. The van der Waals surface area contributed by atoms with Gasteiger partial charge < -0.3 is 13.3 Å². The summed E-state index contributed by atoms with van der Waals surface area (Å²) >= 11 is 0. The van der Waals surface area contributed by atoms with Gasteiger partial charge in [0.1, 0.15) is 0 Å². The second kappa shape index (κ2) is 12.3. The molecule has 0 amide bonds. The minimum Gasteiger partial charge on any atom is -0.374 e. The fourth-order valence-electron chi connectivity index (χ4n) is 2.43. The SMILES string of the molecule is CCC[Si](OCC)(OCC)OCC.C[Si](C)(C)P[Si](C)(C)C. The molecule has 0 N–H and O–H groups in total. The summed E-state index contributed by atoms with van der Waals surface area (Å²) in [5.74, 6) is 0. The van der Waals surface area contributed by atoms with Crippen LogP contribution < -0.4 is 0 Å². The third kappa shape index (κ3) is 15.8. The van der Waals surface area contributed by atoms with E-state index in [4.69, 9.17) is 13.3 Å². The van der Waals surface area contributed by atoms with Crippen molar-refractivity contribution in [2.45, 2.75) is 79.4 Å². The molecule has 0 aromatic carbocycles. The van der Waals surface area contributed by atoms with Crippen LogP contribution in [0.25, 0.3) is 0 Å². The number of rotatable bonds is 10. The fraction of sp³-hybridized carbons (Fsp3) is 1.00. The summed E-state index contributed by atoms with van der Waals surface area (Å²) in [7, 11) is -2.37. The molecule has 0 spiro atoms. The normalized spacial score (nSPS) is 12.8. The Kier molecular flexibility index (Phi) is 14.1. The van der Waals surface area contributed by atoms with Gasteiger partial charge in [0, 0.05) is 25.9 Å².